The van der Waals surface area contributed by atoms with Gasteiger partial charge in [0.15, 0.2) is 0 Å². The molecule has 0 saturated heterocycles. The summed E-state index contributed by atoms with van der Waals surface area (Å²) in [6, 6.07) is 8.93. The lowest BCUT2D eigenvalue weighted by molar-refractivity contribution is -0.145. The molecule has 1 atom stereocenters. The summed E-state index contributed by atoms with van der Waals surface area (Å²) in [6.07, 6.45) is 1.78. The van der Waals surface area contributed by atoms with E-state index in [9.17, 15) is 9.59 Å². The lowest BCUT2D eigenvalue weighted by atomic mass is 10.0. The predicted octanol–water partition coefficient (Wildman–Crippen LogP) is 3.24. The minimum Gasteiger partial charge on any atom is -0.465 e. The smallest absolute Gasteiger partial charge is 0.340 e. The Labute approximate surface area is 117 Å². The number of carbonyl (C=O) groups is 1. The van der Waals surface area contributed by atoms with E-state index < -0.39 is 11.5 Å². The van der Waals surface area contributed by atoms with Gasteiger partial charge in [0.05, 0.1) is 18.1 Å². The van der Waals surface area contributed by atoms with Gasteiger partial charge in [0.2, 0.25) is 0 Å². The van der Waals surface area contributed by atoms with Gasteiger partial charge in [-0.05, 0) is 25.5 Å². The van der Waals surface area contributed by atoms with Crippen LogP contribution in [0.1, 0.15) is 38.2 Å². The van der Waals surface area contributed by atoms with E-state index in [1.54, 1.807) is 25.1 Å². The van der Waals surface area contributed by atoms with Gasteiger partial charge >= 0.3 is 11.6 Å². The second kappa shape index (κ2) is 6.37. The summed E-state index contributed by atoms with van der Waals surface area (Å²) in [7, 11) is 0. The van der Waals surface area contributed by atoms with Crippen molar-refractivity contribution in [3.05, 3.63) is 46.3 Å². The number of rotatable bonds is 5. The Bertz CT molecular complexity index is 657. The van der Waals surface area contributed by atoms with E-state index in [-0.39, 0.29) is 5.97 Å². The van der Waals surface area contributed by atoms with Crippen LogP contribution in [0.5, 0.6) is 0 Å². The third-order valence-electron chi connectivity index (χ3n) is 3.23. The van der Waals surface area contributed by atoms with Crippen LogP contribution in [-0.4, -0.2) is 12.6 Å². The minimum absolute atomic E-state index is 0.338. The summed E-state index contributed by atoms with van der Waals surface area (Å²) >= 11 is 0. The molecular formula is C16H18O4. The van der Waals surface area contributed by atoms with Gasteiger partial charge in [-0.1, -0.05) is 31.5 Å². The number of esters is 1. The fraction of sp³-hybridized carbons (Fsp3) is 0.375. The first-order valence-electron chi connectivity index (χ1n) is 6.83. The average Bonchev–Trinajstić information content (AvgIpc) is 2.46. The highest BCUT2D eigenvalue weighted by atomic mass is 16.5. The van der Waals surface area contributed by atoms with E-state index in [2.05, 4.69) is 0 Å². The van der Waals surface area contributed by atoms with E-state index in [1.165, 1.54) is 0 Å². The van der Waals surface area contributed by atoms with Gasteiger partial charge in [-0.15, -0.1) is 0 Å². The number of ether oxygens (including phenoxy) is 1. The fourth-order valence-electron chi connectivity index (χ4n) is 1.95. The Morgan fingerprint density at radius 3 is 2.85 bits per heavy atom. The third-order valence-corrected chi connectivity index (χ3v) is 3.23. The topological polar surface area (TPSA) is 56.5 Å². The van der Waals surface area contributed by atoms with Crippen molar-refractivity contribution in [3.63, 3.8) is 0 Å². The molecular weight excluding hydrogens is 256 g/mol. The monoisotopic (exact) mass is 274 g/mol. The molecule has 0 N–H and O–H groups in total. The second-order valence-electron chi connectivity index (χ2n) is 4.77. The van der Waals surface area contributed by atoms with Crippen LogP contribution in [0.3, 0.4) is 0 Å². The number of hydrogen-bond donors (Lipinski definition) is 0. The number of fused-ring (bicyclic) bond motifs is 1. The van der Waals surface area contributed by atoms with Crippen molar-refractivity contribution in [3.8, 4) is 0 Å². The van der Waals surface area contributed by atoms with Gasteiger partial charge in [0, 0.05) is 5.39 Å². The zero-order valence-electron chi connectivity index (χ0n) is 11.7. The molecule has 20 heavy (non-hydrogen) atoms. The standard InChI is InChI=1S/C16H18O4/c1-3-4-9-19-15(17)11(2)13-10-12-7-5-6-8-14(12)20-16(13)18/h5-8,10-11H,3-4,9H2,1-2H3. The molecule has 1 unspecified atom stereocenters. The average molecular weight is 274 g/mol. The van der Waals surface area contributed by atoms with Crippen LogP contribution >= 0.6 is 0 Å². The molecule has 0 aliphatic heterocycles. The van der Waals surface area contributed by atoms with Gasteiger partial charge in [-0.3, -0.25) is 4.79 Å². The predicted molar refractivity (Wildman–Crippen MR) is 76.8 cm³/mol. The highest BCUT2D eigenvalue weighted by molar-refractivity contribution is 5.81. The Morgan fingerprint density at radius 1 is 1.35 bits per heavy atom. The Kier molecular flexibility index (Phi) is 4.56. The number of benzene rings is 1. The molecule has 4 heteroatoms. The van der Waals surface area contributed by atoms with Crippen LogP contribution in [0.4, 0.5) is 0 Å². The molecule has 0 bridgehead atoms. The van der Waals surface area contributed by atoms with Crippen molar-refractivity contribution in [2.75, 3.05) is 6.61 Å². The summed E-state index contributed by atoms with van der Waals surface area (Å²) in [4.78, 5) is 23.8. The van der Waals surface area contributed by atoms with Gasteiger partial charge in [-0.25, -0.2) is 4.79 Å². The van der Waals surface area contributed by atoms with E-state index in [0.717, 1.165) is 18.2 Å². The van der Waals surface area contributed by atoms with Gasteiger partial charge < -0.3 is 9.15 Å². The molecule has 0 spiro atoms. The van der Waals surface area contributed by atoms with Crippen molar-refractivity contribution >= 4 is 16.9 Å². The summed E-state index contributed by atoms with van der Waals surface area (Å²) in [5.74, 6) is -1.01. The first-order chi connectivity index (χ1) is 9.63. The zero-order valence-corrected chi connectivity index (χ0v) is 11.7. The first kappa shape index (κ1) is 14.3. The van der Waals surface area contributed by atoms with Crippen LogP contribution in [0, 0.1) is 0 Å². The Hall–Kier alpha value is -2.10. The van der Waals surface area contributed by atoms with Crippen molar-refractivity contribution in [1.82, 2.24) is 0 Å². The normalized spacial score (nSPS) is 12.3. The molecule has 1 aromatic carbocycles. The summed E-state index contributed by atoms with van der Waals surface area (Å²) in [5, 5.41) is 0.801. The molecule has 1 heterocycles. The maximum Gasteiger partial charge on any atom is 0.340 e. The van der Waals surface area contributed by atoms with Gasteiger partial charge in [-0.2, -0.15) is 0 Å². The van der Waals surface area contributed by atoms with Crippen LogP contribution in [-0.2, 0) is 9.53 Å². The number of carbonyl (C=O) groups excluding carboxylic acids is 1. The van der Waals surface area contributed by atoms with Crippen molar-refractivity contribution in [1.29, 1.82) is 0 Å². The molecule has 1 aromatic heterocycles. The summed E-state index contributed by atoms with van der Waals surface area (Å²) in [6.45, 7) is 4.07. The van der Waals surface area contributed by atoms with E-state index in [0.29, 0.717) is 17.8 Å². The number of unbranched alkanes of at least 4 members (excludes halogenated alkanes) is 1. The van der Waals surface area contributed by atoms with Crippen LogP contribution in [0.2, 0.25) is 0 Å². The van der Waals surface area contributed by atoms with Crippen LogP contribution in [0.15, 0.2) is 39.5 Å². The summed E-state index contributed by atoms with van der Waals surface area (Å²) < 4.78 is 10.4. The number of hydrogen-bond acceptors (Lipinski definition) is 4. The SMILES string of the molecule is CCCCOC(=O)C(C)c1cc2ccccc2oc1=O. The van der Waals surface area contributed by atoms with Crippen LogP contribution in [0.25, 0.3) is 11.0 Å². The van der Waals surface area contributed by atoms with Gasteiger partial charge in [0.25, 0.3) is 0 Å². The van der Waals surface area contributed by atoms with Crippen LogP contribution < -0.4 is 5.63 Å². The van der Waals surface area contributed by atoms with E-state index in [1.807, 2.05) is 19.1 Å². The maximum absolute atomic E-state index is 11.9. The largest absolute Gasteiger partial charge is 0.465 e. The molecule has 0 saturated carbocycles. The fourth-order valence-corrected chi connectivity index (χ4v) is 1.95. The van der Waals surface area contributed by atoms with Crippen molar-refractivity contribution in [2.24, 2.45) is 0 Å². The molecule has 106 valence electrons. The maximum atomic E-state index is 11.9. The lowest BCUT2D eigenvalue weighted by Crippen LogP contribution is -2.20. The Morgan fingerprint density at radius 2 is 2.10 bits per heavy atom. The van der Waals surface area contributed by atoms with Gasteiger partial charge in [0.1, 0.15) is 5.58 Å². The summed E-state index contributed by atoms with van der Waals surface area (Å²) in [5.41, 5.74) is 0.377. The molecule has 0 fully saturated rings. The zero-order chi connectivity index (χ0) is 14.5. The van der Waals surface area contributed by atoms with Crippen molar-refractivity contribution < 1.29 is 13.9 Å². The number of para-hydroxylation sites is 1. The molecule has 0 radical (unpaired) electrons. The Balaban J connectivity index is 2.25. The van der Waals surface area contributed by atoms with Crippen molar-refractivity contribution in [2.45, 2.75) is 32.6 Å². The van der Waals surface area contributed by atoms with E-state index in [4.69, 9.17) is 9.15 Å². The quantitative estimate of drug-likeness (QED) is 0.477. The lowest BCUT2D eigenvalue weighted by Gasteiger charge is -2.11. The first-order valence-corrected chi connectivity index (χ1v) is 6.83. The molecule has 0 aliphatic carbocycles. The molecule has 2 aromatic rings. The molecule has 0 amide bonds. The third kappa shape index (κ3) is 3.07. The second-order valence-corrected chi connectivity index (χ2v) is 4.77. The highest BCUT2D eigenvalue weighted by Gasteiger charge is 2.21. The molecule has 2 rings (SSSR count). The molecule has 4 nitrogen and oxygen atoms in total. The molecule has 0 aliphatic rings. The van der Waals surface area contributed by atoms with E-state index >= 15 is 0 Å². The minimum atomic E-state index is -0.618. The highest BCUT2D eigenvalue weighted by Crippen LogP contribution is 2.19.